The van der Waals surface area contributed by atoms with Crippen LogP contribution in [-0.4, -0.2) is 51.0 Å². The summed E-state index contributed by atoms with van der Waals surface area (Å²) in [4.78, 5) is 13.0. The number of likely N-dealkylation sites (tertiary alicyclic amines) is 1. The van der Waals surface area contributed by atoms with Gasteiger partial charge in [-0.2, -0.15) is 0 Å². The van der Waals surface area contributed by atoms with E-state index in [9.17, 15) is 22.0 Å². The number of piperidine rings is 1. The van der Waals surface area contributed by atoms with Gasteiger partial charge in [0, 0.05) is 31.5 Å². The maximum absolute atomic E-state index is 14.0. The van der Waals surface area contributed by atoms with Gasteiger partial charge in [-0.3, -0.25) is 0 Å². The van der Waals surface area contributed by atoms with Crippen molar-refractivity contribution in [2.45, 2.75) is 57.0 Å². The molecule has 0 N–H and O–H groups in total. The number of amides is 1. The molecule has 1 amide bonds. The lowest BCUT2D eigenvalue weighted by Gasteiger charge is -2.33. The monoisotopic (exact) mass is 459 g/mol. The Kier molecular flexibility index (Phi) is 6.84. The highest BCUT2D eigenvalue weighted by Gasteiger charge is 2.43. The molecule has 174 valence electrons. The van der Waals surface area contributed by atoms with Gasteiger partial charge in [0.15, 0.2) is 9.84 Å². The first kappa shape index (κ1) is 23.8. The molecule has 9 heteroatoms. The van der Waals surface area contributed by atoms with Crippen LogP contribution in [-0.2, 0) is 14.6 Å². The number of sulfone groups is 1. The van der Waals surface area contributed by atoms with E-state index in [2.05, 4.69) is 0 Å². The van der Waals surface area contributed by atoms with Gasteiger partial charge in [0.2, 0.25) is 0 Å². The molecule has 1 aromatic carbocycles. The second-order valence-corrected chi connectivity index (χ2v) is 11.5. The quantitative estimate of drug-likeness (QED) is 0.630. The van der Waals surface area contributed by atoms with Crippen LogP contribution in [0.15, 0.2) is 17.0 Å². The Hall–Kier alpha value is -1.90. The third kappa shape index (κ3) is 6.30. The van der Waals surface area contributed by atoms with Gasteiger partial charge in [0.05, 0.1) is 6.61 Å². The van der Waals surface area contributed by atoms with Crippen molar-refractivity contribution in [3.8, 4) is 5.75 Å². The minimum Gasteiger partial charge on any atom is -0.493 e. The first-order chi connectivity index (χ1) is 14.3. The smallest absolute Gasteiger partial charge is 0.410 e. The summed E-state index contributed by atoms with van der Waals surface area (Å²) in [5.74, 6) is -0.636. The Balaban J connectivity index is 1.42. The number of carbonyl (C=O) groups excluding carboxylic acids is 1. The molecule has 1 aliphatic carbocycles. The summed E-state index contributed by atoms with van der Waals surface area (Å²) in [6.07, 6.45) is 4.27. The van der Waals surface area contributed by atoms with E-state index < -0.39 is 32.0 Å². The van der Waals surface area contributed by atoms with Crippen molar-refractivity contribution in [1.29, 1.82) is 0 Å². The first-order valence-corrected chi connectivity index (χ1v) is 12.5. The summed E-state index contributed by atoms with van der Waals surface area (Å²) in [6.45, 7) is 7.29. The summed E-state index contributed by atoms with van der Waals surface area (Å²) >= 11 is 0. The fourth-order valence-corrected chi connectivity index (χ4v) is 5.15. The van der Waals surface area contributed by atoms with Crippen molar-refractivity contribution in [2.24, 2.45) is 17.8 Å². The highest BCUT2D eigenvalue weighted by molar-refractivity contribution is 7.90. The van der Waals surface area contributed by atoms with Crippen LogP contribution in [0.2, 0.25) is 0 Å². The lowest BCUT2D eigenvalue weighted by Crippen LogP contribution is -2.42. The number of carbonyl (C=O) groups is 1. The number of hydrogen-bond donors (Lipinski definition) is 0. The zero-order valence-electron chi connectivity index (χ0n) is 18.5. The molecular formula is C22H31F2NO5S. The van der Waals surface area contributed by atoms with Gasteiger partial charge < -0.3 is 14.4 Å². The number of halogens is 2. The topological polar surface area (TPSA) is 72.9 Å². The Labute approximate surface area is 182 Å². The summed E-state index contributed by atoms with van der Waals surface area (Å²) in [7, 11) is -3.98. The predicted molar refractivity (Wildman–Crippen MR) is 112 cm³/mol. The average Bonchev–Trinajstić information content (AvgIpc) is 3.38. The minimum atomic E-state index is -3.98. The van der Waals surface area contributed by atoms with Crippen molar-refractivity contribution < 1.29 is 31.5 Å². The van der Waals surface area contributed by atoms with E-state index in [0.29, 0.717) is 37.5 Å². The second-order valence-electron chi connectivity index (χ2n) is 9.59. The molecule has 6 nitrogen and oxygen atoms in total. The van der Waals surface area contributed by atoms with Crippen LogP contribution in [0.3, 0.4) is 0 Å². The Morgan fingerprint density at radius 1 is 1.16 bits per heavy atom. The van der Waals surface area contributed by atoms with Gasteiger partial charge in [0.25, 0.3) is 0 Å². The molecule has 2 aliphatic rings. The molecule has 31 heavy (non-hydrogen) atoms. The SMILES string of the molecule is CC(C)(C)OC(=O)N1CCC([C@H]2C[C@H]2CCOc2cc(F)c(S(C)(=O)=O)c(F)c2)CC1. The lowest BCUT2D eigenvalue weighted by molar-refractivity contribution is 0.0174. The largest absolute Gasteiger partial charge is 0.493 e. The standard InChI is InChI=1S/C22H31F2NO5S/c1-22(2,3)30-21(26)25-8-5-14(6-9-25)17-11-15(17)7-10-29-16-12-18(23)20(19(24)13-16)31(4,27)28/h12-15,17H,5-11H2,1-4H3/t15-,17-/m1/s1. The van der Waals surface area contributed by atoms with Crippen molar-refractivity contribution >= 4 is 15.9 Å². The van der Waals surface area contributed by atoms with E-state index in [0.717, 1.165) is 44.1 Å². The van der Waals surface area contributed by atoms with E-state index >= 15 is 0 Å². The van der Waals surface area contributed by atoms with E-state index in [1.165, 1.54) is 0 Å². The van der Waals surface area contributed by atoms with Crippen molar-refractivity contribution in [1.82, 2.24) is 4.90 Å². The zero-order chi connectivity index (χ0) is 23.0. The summed E-state index contributed by atoms with van der Waals surface area (Å²) in [5.41, 5.74) is -0.494. The lowest BCUT2D eigenvalue weighted by atomic mass is 9.90. The summed E-state index contributed by atoms with van der Waals surface area (Å²) in [5, 5.41) is 0. The van der Waals surface area contributed by atoms with Crippen LogP contribution < -0.4 is 4.74 Å². The third-order valence-corrected chi connectivity index (χ3v) is 7.01. The van der Waals surface area contributed by atoms with Crippen molar-refractivity contribution in [2.75, 3.05) is 26.0 Å². The molecule has 2 atom stereocenters. The molecule has 1 aromatic rings. The van der Waals surface area contributed by atoms with Gasteiger partial charge in [-0.05, 0) is 64.2 Å². The highest BCUT2D eigenvalue weighted by atomic mass is 32.2. The average molecular weight is 460 g/mol. The second kappa shape index (κ2) is 8.92. The number of nitrogens with zero attached hydrogens (tertiary/aromatic N) is 1. The van der Waals surface area contributed by atoms with Gasteiger partial charge in [0.1, 0.15) is 27.9 Å². The van der Waals surface area contributed by atoms with E-state index in [1.807, 2.05) is 20.8 Å². The fourth-order valence-electron chi connectivity index (χ4n) is 4.32. The van der Waals surface area contributed by atoms with Crippen LogP contribution in [0.4, 0.5) is 13.6 Å². The minimum absolute atomic E-state index is 0.00901. The Bertz CT molecular complexity index is 897. The number of ether oxygens (including phenoxy) is 2. The molecule has 0 bridgehead atoms. The Morgan fingerprint density at radius 2 is 1.74 bits per heavy atom. The summed E-state index contributed by atoms with van der Waals surface area (Å²) in [6, 6.07) is 1.83. The molecule has 1 saturated heterocycles. The fraction of sp³-hybridized carbons (Fsp3) is 0.682. The normalized spacial score (nSPS) is 22.3. The van der Waals surface area contributed by atoms with Crippen LogP contribution in [0, 0.1) is 29.4 Å². The van der Waals surface area contributed by atoms with Crippen molar-refractivity contribution in [3.05, 3.63) is 23.8 Å². The molecule has 1 saturated carbocycles. The molecule has 1 aliphatic heterocycles. The van der Waals surface area contributed by atoms with Crippen LogP contribution >= 0.6 is 0 Å². The van der Waals surface area contributed by atoms with Gasteiger partial charge >= 0.3 is 6.09 Å². The molecular weight excluding hydrogens is 428 g/mol. The molecule has 1 heterocycles. The molecule has 0 aromatic heterocycles. The Morgan fingerprint density at radius 3 is 2.26 bits per heavy atom. The van der Waals surface area contributed by atoms with Crippen LogP contribution in [0.25, 0.3) is 0 Å². The van der Waals surface area contributed by atoms with Crippen molar-refractivity contribution in [3.63, 3.8) is 0 Å². The molecule has 0 unspecified atom stereocenters. The van der Waals surface area contributed by atoms with Gasteiger partial charge in [-0.1, -0.05) is 0 Å². The van der Waals surface area contributed by atoms with Gasteiger partial charge in [-0.15, -0.1) is 0 Å². The molecule has 3 rings (SSSR count). The molecule has 2 fully saturated rings. The molecule has 0 spiro atoms. The van der Waals surface area contributed by atoms with E-state index in [-0.39, 0.29) is 11.8 Å². The van der Waals surface area contributed by atoms with E-state index in [1.54, 1.807) is 4.90 Å². The summed E-state index contributed by atoms with van der Waals surface area (Å²) < 4.78 is 61.7. The zero-order valence-corrected chi connectivity index (χ0v) is 19.3. The van der Waals surface area contributed by atoms with Crippen LogP contribution in [0.1, 0.15) is 46.5 Å². The first-order valence-electron chi connectivity index (χ1n) is 10.6. The number of benzene rings is 1. The van der Waals surface area contributed by atoms with Gasteiger partial charge in [-0.25, -0.2) is 22.0 Å². The predicted octanol–water partition coefficient (Wildman–Crippen LogP) is 4.42. The number of hydrogen-bond acceptors (Lipinski definition) is 5. The maximum Gasteiger partial charge on any atom is 0.410 e. The third-order valence-electron chi connectivity index (χ3n) is 5.87. The molecule has 0 radical (unpaired) electrons. The number of rotatable bonds is 6. The maximum atomic E-state index is 14.0. The highest BCUT2D eigenvalue weighted by Crippen LogP contribution is 2.49. The van der Waals surface area contributed by atoms with Crippen LogP contribution in [0.5, 0.6) is 5.75 Å². The van der Waals surface area contributed by atoms with E-state index in [4.69, 9.17) is 9.47 Å².